The van der Waals surface area contributed by atoms with E-state index in [1.54, 1.807) is 24.3 Å². The molecule has 1 atom stereocenters. The van der Waals surface area contributed by atoms with Gasteiger partial charge in [0.15, 0.2) is 11.1 Å². The number of carbonyl (C=O) groups is 1. The first kappa shape index (κ1) is 20.5. The molecule has 148 valence electrons. The lowest BCUT2D eigenvalue weighted by molar-refractivity contribution is -0.115. The summed E-state index contributed by atoms with van der Waals surface area (Å²) in [4.78, 5) is 12.5. The molecular weight excluding hydrogens is 416 g/mol. The van der Waals surface area contributed by atoms with Crippen molar-refractivity contribution in [3.63, 3.8) is 0 Å². The zero-order valence-corrected chi connectivity index (χ0v) is 16.7. The van der Waals surface area contributed by atoms with Gasteiger partial charge in [-0.15, -0.1) is 0 Å². The number of carbonyl (C=O) groups excluding carboxylic acids is 1. The van der Waals surface area contributed by atoms with Crippen LogP contribution >= 0.6 is 11.6 Å². The first-order valence-electron chi connectivity index (χ1n) is 8.23. The number of methoxy groups -OCH3 is 1. The number of benzene rings is 2. The van der Waals surface area contributed by atoms with Gasteiger partial charge in [0.05, 0.1) is 35.9 Å². The van der Waals surface area contributed by atoms with Gasteiger partial charge >= 0.3 is 0 Å². The molecule has 0 saturated carbocycles. The minimum absolute atomic E-state index is 0.00766. The van der Waals surface area contributed by atoms with E-state index in [4.69, 9.17) is 21.6 Å². The van der Waals surface area contributed by atoms with Gasteiger partial charge in [-0.1, -0.05) is 11.6 Å². The zero-order valence-electron chi connectivity index (χ0n) is 15.1. The Hall–Kier alpha value is -3.19. The van der Waals surface area contributed by atoms with Crippen LogP contribution in [0.2, 0.25) is 5.02 Å². The van der Waals surface area contributed by atoms with Crippen molar-refractivity contribution in [1.82, 2.24) is 9.78 Å². The number of hydrogen-bond acceptors (Lipinski definition) is 5. The van der Waals surface area contributed by atoms with E-state index in [2.05, 4.69) is 10.4 Å². The molecule has 2 N–H and O–H groups in total. The molecule has 0 aliphatic heterocycles. The summed E-state index contributed by atoms with van der Waals surface area (Å²) in [5.41, 5.74) is 1.58. The van der Waals surface area contributed by atoms with E-state index in [1.807, 2.05) is 6.07 Å². The highest BCUT2D eigenvalue weighted by molar-refractivity contribution is 7.79. The first-order valence-corrected chi connectivity index (χ1v) is 9.72. The van der Waals surface area contributed by atoms with Crippen LogP contribution in [0.5, 0.6) is 5.75 Å². The number of nitriles is 1. The fraction of sp³-hybridized carbons (Fsp3) is 0.105. The SMILES string of the molecule is COc1ccc(Cl)cc1CC(=O)Nc1ccc(-n2cc(C#N)cn2)c(S(=O)O)c1. The molecule has 10 heteroatoms. The van der Waals surface area contributed by atoms with E-state index < -0.39 is 11.1 Å². The summed E-state index contributed by atoms with van der Waals surface area (Å²) in [5, 5.41) is 16.1. The predicted molar refractivity (Wildman–Crippen MR) is 108 cm³/mol. The van der Waals surface area contributed by atoms with E-state index in [0.29, 0.717) is 33.3 Å². The molecule has 0 radical (unpaired) electrons. The van der Waals surface area contributed by atoms with Gasteiger partial charge in [-0.05, 0) is 36.4 Å². The van der Waals surface area contributed by atoms with Gasteiger partial charge in [-0.25, -0.2) is 8.89 Å². The number of hydrogen-bond donors (Lipinski definition) is 2. The molecule has 3 aromatic rings. The molecular formula is C19H15ClN4O4S. The average molecular weight is 431 g/mol. The molecule has 8 nitrogen and oxygen atoms in total. The number of anilines is 1. The summed E-state index contributed by atoms with van der Waals surface area (Å²) in [6.07, 6.45) is 2.79. The van der Waals surface area contributed by atoms with E-state index in [9.17, 15) is 13.6 Å². The molecule has 1 heterocycles. The summed E-state index contributed by atoms with van der Waals surface area (Å²) in [6.45, 7) is 0. The van der Waals surface area contributed by atoms with Crippen LogP contribution in [0.25, 0.3) is 5.69 Å². The molecule has 1 aromatic heterocycles. The van der Waals surface area contributed by atoms with Crippen LogP contribution in [-0.4, -0.2) is 31.6 Å². The molecule has 2 aromatic carbocycles. The molecule has 0 fully saturated rings. The lowest BCUT2D eigenvalue weighted by Gasteiger charge is -2.12. The summed E-state index contributed by atoms with van der Waals surface area (Å²) >= 11 is 3.65. The maximum atomic E-state index is 12.4. The third kappa shape index (κ3) is 4.81. The summed E-state index contributed by atoms with van der Waals surface area (Å²) in [6, 6.07) is 11.4. The van der Waals surface area contributed by atoms with Crippen LogP contribution in [-0.2, 0) is 22.3 Å². The van der Waals surface area contributed by atoms with Crippen molar-refractivity contribution in [3.05, 3.63) is 64.9 Å². The molecule has 0 spiro atoms. The largest absolute Gasteiger partial charge is 0.496 e. The molecule has 0 aliphatic carbocycles. The lowest BCUT2D eigenvalue weighted by Crippen LogP contribution is -2.15. The van der Waals surface area contributed by atoms with Crippen molar-refractivity contribution in [3.8, 4) is 17.5 Å². The number of halogens is 1. The summed E-state index contributed by atoms with van der Waals surface area (Å²) < 4.78 is 28.0. The first-order chi connectivity index (χ1) is 13.9. The second-order valence-corrected chi connectivity index (χ2v) is 7.27. The van der Waals surface area contributed by atoms with Crippen molar-refractivity contribution in [1.29, 1.82) is 5.26 Å². The van der Waals surface area contributed by atoms with E-state index in [-0.39, 0.29) is 17.2 Å². The Labute approximate surface area is 174 Å². The molecule has 1 unspecified atom stereocenters. The Balaban J connectivity index is 1.84. The highest BCUT2D eigenvalue weighted by Crippen LogP contribution is 2.25. The van der Waals surface area contributed by atoms with E-state index in [1.165, 1.54) is 36.3 Å². The van der Waals surface area contributed by atoms with Crippen molar-refractivity contribution < 1.29 is 18.3 Å². The van der Waals surface area contributed by atoms with E-state index >= 15 is 0 Å². The Morgan fingerprint density at radius 1 is 1.38 bits per heavy atom. The monoisotopic (exact) mass is 430 g/mol. The van der Waals surface area contributed by atoms with Crippen molar-refractivity contribution in [2.75, 3.05) is 12.4 Å². The lowest BCUT2D eigenvalue weighted by atomic mass is 10.1. The van der Waals surface area contributed by atoms with Gasteiger partial charge in [-0.3, -0.25) is 4.79 Å². The minimum atomic E-state index is -2.34. The number of aromatic nitrogens is 2. The molecule has 0 bridgehead atoms. The van der Waals surface area contributed by atoms with Gasteiger partial charge in [0, 0.05) is 22.5 Å². The van der Waals surface area contributed by atoms with Gasteiger partial charge < -0.3 is 14.6 Å². The van der Waals surface area contributed by atoms with Crippen molar-refractivity contribution >= 4 is 34.3 Å². The zero-order chi connectivity index (χ0) is 21.0. The number of nitrogens with zero attached hydrogens (tertiary/aromatic N) is 3. The molecule has 1 amide bonds. The number of amides is 1. The minimum Gasteiger partial charge on any atom is -0.496 e. The fourth-order valence-corrected chi connectivity index (χ4v) is 3.46. The Kier molecular flexibility index (Phi) is 6.29. The second-order valence-electron chi connectivity index (χ2n) is 5.90. The van der Waals surface area contributed by atoms with Crippen molar-refractivity contribution in [2.45, 2.75) is 11.3 Å². The number of nitrogens with one attached hydrogen (secondary N) is 1. The summed E-state index contributed by atoms with van der Waals surface area (Å²) in [7, 11) is 1.50. The normalized spacial score (nSPS) is 11.5. The van der Waals surface area contributed by atoms with Crippen LogP contribution in [0.4, 0.5) is 5.69 Å². The topological polar surface area (TPSA) is 117 Å². The number of ether oxygens (including phenoxy) is 1. The van der Waals surface area contributed by atoms with Crippen LogP contribution in [0.3, 0.4) is 0 Å². The molecule has 0 saturated heterocycles. The molecule has 0 aliphatic rings. The third-order valence-electron chi connectivity index (χ3n) is 3.98. The van der Waals surface area contributed by atoms with Gasteiger partial charge in [0.25, 0.3) is 0 Å². The van der Waals surface area contributed by atoms with Crippen LogP contribution in [0.1, 0.15) is 11.1 Å². The molecule has 29 heavy (non-hydrogen) atoms. The van der Waals surface area contributed by atoms with Crippen molar-refractivity contribution in [2.24, 2.45) is 0 Å². The second kappa shape index (κ2) is 8.87. The highest BCUT2D eigenvalue weighted by Gasteiger charge is 2.15. The summed E-state index contributed by atoms with van der Waals surface area (Å²) in [5.74, 6) is 0.183. The Morgan fingerprint density at radius 3 is 2.83 bits per heavy atom. The highest BCUT2D eigenvalue weighted by atomic mass is 35.5. The smallest absolute Gasteiger partial charge is 0.228 e. The third-order valence-corrected chi connectivity index (χ3v) is 4.92. The van der Waals surface area contributed by atoms with Crippen LogP contribution < -0.4 is 10.1 Å². The standard InChI is InChI=1S/C19H15ClN4O4S/c1-28-17-5-2-14(20)6-13(17)7-19(25)23-15-3-4-16(18(8-15)29(26)27)24-11-12(9-21)10-22-24/h2-6,8,10-11H,7H2,1H3,(H,23,25)(H,26,27). The van der Waals surface area contributed by atoms with E-state index in [0.717, 1.165) is 0 Å². The van der Waals surface area contributed by atoms with Crippen LogP contribution in [0, 0.1) is 11.3 Å². The number of rotatable bonds is 6. The fourth-order valence-electron chi connectivity index (χ4n) is 2.70. The maximum Gasteiger partial charge on any atom is 0.228 e. The quantitative estimate of drug-likeness (QED) is 0.580. The van der Waals surface area contributed by atoms with Gasteiger partial charge in [0.2, 0.25) is 5.91 Å². The Bertz CT molecular complexity index is 1140. The maximum absolute atomic E-state index is 12.4. The molecule has 3 rings (SSSR count). The Morgan fingerprint density at radius 2 is 2.17 bits per heavy atom. The van der Waals surface area contributed by atoms with Gasteiger partial charge in [-0.2, -0.15) is 10.4 Å². The predicted octanol–water partition coefficient (Wildman–Crippen LogP) is 3.17. The van der Waals surface area contributed by atoms with Gasteiger partial charge in [0.1, 0.15) is 11.8 Å². The van der Waals surface area contributed by atoms with Crippen LogP contribution in [0.15, 0.2) is 53.7 Å². The average Bonchev–Trinajstić information content (AvgIpc) is 3.17.